The number of β-lactam (4-membered cyclic amide) rings is 1. The molecule has 0 radical (unpaired) electrons. The Balaban J connectivity index is 1.88. The van der Waals surface area contributed by atoms with E-state index < -0.39 is 11.4 Å². The van der Waals surface area contributed by atoms with E-state index in [4.69, 9.17) is 42.1 Å². The largest absolute Gasteiger partial charge is 0.495 e. The Labute approximate surface area is 237 Å². The second kappa shape index (κ2) is 11.1. The third-order valence-electron chi connectivity index (χ3n) is 6.69. The van der Waals surface area contributed by atoms with Gasteiger partial charge in [-0.15, -0.1) is 0 Å². The molecular weight excluding hydrogens is 545 g/mol. The molecule has 0 bridgehead atoms. The maximum Gasteiger partial charge on any atom is 0.256 e. The highest BCUT2D eigenvalue weighted by atomic mass is 35.5. The van der Waals surface area contributed by atoms with Gasteiger partial charge in [-0.25, -0.2) is 0 Å². The van der Waals surface area contributed by atoms with E-state index in [9.17, 15) is 9.59 Å². The fourth-order valence-electron chi connectivity index (χ4n) is 4.62. The zero-order valence-electron chi connectivity index (χ0n) is 22.4. The number of anilines is 3. The quantitative estimate of drug-likeness (QED) is 0.344. The zero-order valence-corrected chi connectivity index (χ0v) is 23.9. The van der Waals surface area contributed by atoms with Crippen LogP contribution in [0.15, 0.2) is 48.5 Å². The number of carbonyl (C=O) groups excluding carboxylic acids is 2. The van der Waals surface area contributed by atoms with Crippen molar-refractivity contribution in [2.75, 3.05) is 57.7 Å². The summed E-state index contributed by atoms with van der Waals surface area (Å²) in [6.07, 6.45) is -0.0981. The molecule has 1 fully saturated rings. The molecule has 1 N–H and O–H groups in total. The topological polar surface area (TPSA) is 89.6 Å². The number of nitrogens with zero attached hydrogens (tertiary/aromatic N) is 2. The summed E-state index contributed by atoms with van der Waals surface area (Å²) in [6.45, 7) is 0. The molecular formula is C28H29Cl2N3O6. The first-order valence-electron chi connectivity index (χ1n) is 11.9. The summed E-state index contributed by atoms with van der Waals surface area (Å²) < 4.78 is 21.6. The SMILES string of the molecule is COc1cc(OC)c(NC(=O)C2(c3ccc(N(C)C)cc3)CC(=O)N2c2cc(Cl)c(OC)cc2OC)cc1Cl. The van der Waals surface area contributed by atoms with Gasteiger partial charge in [0, 0.05) is 31.9 Å². The van der Waals surface area contributed by atoms with Crippen LogP contribution in [0.2, 0.25) is 10.0 Å². The molecule has 11 heteroatoms. The van der Waals surface area contributed by atoms with Crippen LogP contribution >= 0.6 is 23.2 Å². The third-order valence-corrected chi connectivity index (χ3v) is 7.28. The molecule has 0 spiro atoms. The molecule has 1 unspecified atom stereocenters. The molecule has 1 atom stereocenters. The van der Waals surface area contributed by atoms with E-state index in [1.54, 1.807) is 18.2 Å². The number of amides is 2. The Morgan fingerprint density at radius 3 is 1.90 bits per heavy atom. The molecule has 3 aromatic carbocycles. The number of hydrogen-bond acceptors (Lipinski definition) is 7. The van der Waals surface area contributed by atoms with Gasteiger partial charge in [0.25, 0.3) is 5.91 Å². The number of rotatable bonds is 9. The molecule has 9 nitrogen and oxygen atoms in total. The predicted molar refractivity (Wildman–Crippen MR) is 152 cm³/mol. The molecule has 2 amide bonds. The first kappa shape index (κ1) is 28.2. The average molecular weight is 574 g/mol. The van der Waals surface area contributed by atoms with Gasteiger partial charge in [0.15, 0.2) is 5.54 Å². The van der Waals surface area contributed by atoms with Gasteiger partial charge in [-0.05, 0) is 29.8 Å². The summed E-state index contributed by atoms with van der Waals surface area (Å²) >= 11 is 12.8. The van der Waals surface area contributed by atoms with Gasteiger partial charge in [-0.3, -0.25) is 14.5 Å². The Bertz CT molecular complexity index is 1410. The van der Waals surface area contributed by atoms with Crippen LogP contribution in [-0.2, 0) is 15.1 Å². The highest BCUT2D eigenvalue weighted by Crippen LogP contribution is 2.51. The van der Waals surface area contributed by atoms with Gasteiger partial charge >= 0.3 is 0 Å². The summed E-state index contributed by atoms with van der Waals surface area (Å²) in [4.78, 5) is 30.9. The number of ether oxygens (including phenoxy) is 4. The van der Waals surface area contributed by atoms with Crippen LogP contribution in [-0.4, -0.2) is 54.3 Å². The maximum absolute atomic E-state index is 14.3. The molecule has 206 valence electrons. The lowest BCUT2D eigenvalue weighted by Gasteiger charge is -2.51. The standard InChI is InChI=1S/C28H29Cl2N3O6/c1-32(2)17-9-7-16(8-10-17)28(27(35)31-20-11-18(29)22(36-3)13-24(20)38-5)15-26(34)33(28)21-12-19(30)23(37-4)14-25(21)39-6/h7-14H,15H2,1-6H3,(H,31,35). The van der Waals surface area contributed by atoms with Crippen molar-refractivity contribution in [3.63, 3.8) is 0 Å². The summed E-state index contributed by atoms with van der Waals surface area (Å²) in [5.74, 6) is 0.641. The van der Waals surface area contributed by atoms with E-state index in [1.807, 2.05) is 43.3 Å². The number of benzene rings is 3. The lowest BCUT2D eigenvalue weighted by atomic mass is 9.75. The lowest BCUT2D eigenvalue weighted by molar-refractivity contribution is -0.137. The number of halogens is 2. The molecule has 1 aliphatic heterocycles. The fourth-order valence-corrected chi connectivity index (χ4v) is 5.10. The summed E-state index contributed by atoms with van der Waals surface area (Å²) in [5, 5.41) is 3.46. The van der Waals surface area contributed by atoms with E-state index in [0.717, 1.165) is 5.69 Å². The molecule has 39 heavy (non-hydrogen) atoms. The van der Waals surface area contributed by atoms with Gasteiger partial charge in [-0.1, -0.05) is 35.3 Å². The van der Waals surface area contributed by atoms with E-state index in [-0.39, 0.29) is 22.4 Å². The Hall–Kier alpha value is -3.82. The smallest absolute Gasteiger partial charge is 0.256 e. The minimum Gasteiger partial charge on any atom is -0.495 e. The molecule has 3 aromatic rings. The highest BCUT2D eigenvalue weighted by molar-refractivity contribution is 6.33. The lowest BCUT2D eigenvalue weighted by Crippen LogP contribution is -2.67. The van der Waals surface area contributed by atoms with Gasteiger partial charge in [0.1, 0.15) is 23.0 Å². The summed E-state index contributed by atoms with van der Waals surface area (Å²) in [7, 11) is 9.73. The van der Waals surface area contributed by atoms with Crippen molar-refractivity contribution in [2.45, 2.75) is 12.0 Å². The predicted octanol–water partition coefficient (Wildman–Crippen LogP) is 5.36. The Kier molecular flexibility index (Phi) is 8.04. The van der Waals surface area contributed by atoms with Crippen molar-refractivity contribution >= 4 is 52.1 Å². The number of carbonyl (C=O) groups is 2. The van der Waals surface area contributed by atoms with Crippen molar-refractivity contribution < 1.29 is 28.5 Å². The fraction of sp³-hybridized carbons (Fsp3) is 0.286. The van der Waals surface area contributed by atoms with Crippen LogP contribution in [0.4, 0.5) is 17.1 Å². The second-order valence-corrected chi connectivity index (χ2v) is 9.82. The van der Waals surface area contributed by atoms with Crippen LogP contribution in [0.25, 0.3) is 0 Å². The molecule has 1 heterocycles. The minimum absolute atomic E-state index is 0.0981. The number of nitrogens with one attached hydrogen (secondary N) is 1. The normalized spacial score (nSPS) is 16.3. The van der Waals surface area contributed by atoms with E-state index in [2.05, 4.69) is 5.32 Å². The van der Waals surface area contributed by atoms with Gasteiger partial charge in [0.2, 0.25) is 5.91 Å². The Morgan fingerprint density at radius 1 is 0.846 bits per heavy atom. The van der Waals surface area contributed by atoms with Gasteiger partial charge < -0.3 is 29.2 Å². The van der Waals surface area contributed by atoms with Crippen molar-refractivity contribution in [2.24, 2.45) is 0 Å². The van der Waals surface area contributed by atoms with Crippen molar-refractivity contribution in [1.82, 2.24) is 0 Å². The van der Waals surface area contributed by atoms with Crippen molar-refractivity contribution in [1.29, 1.82) is 0 Å². The van der Waals surface area contributed by atoms with Crippen LogP contribution in [0, 0.1) is 0 Å². The maximum atomic E-state index is 14.3. The summed E-state index contributed by atoms with van der Waals surface area (Å²) in [5.41, 5.74) is 0.727. The molecule has 4 rings (SSSR count). The molecule has 0 aromatic heterocycles. The van der Waals surface area contributed by atoms with E-state index in [1.165, 1.54) is 39.4 Å². The molecule has 1 saturated heterocycles. The monoisotopic (exact) mass is 573 g/mol. The van der Waals surface area contributed by atoms with Crippen LogP contribution in [0.1, 0.15) is 12.0 Å². The number of hydrogen-bond donors (Lipinski definition) is 1. The molecule has 0 aliphatic carbocycles. The average Bonchev–Trinajstić information content (AvgIpc) is 2.91. The molecule has 0 saturated carbocycles. The molecule has 1 aliphatic rings. The minimum atomic E-state index is -1.44. The van der Waals surface area contributed by atoms with Gasteiger partial charge in [-0.2, -0.15) is 0 Å². The summed E-state index contributed by atoms with van der Waals surface area (Å²) in [6, 6.07) is 13.7. The first-order chi connectivity index (χ1) is 18.6. The number of methoxy groups -OCH3 is 4. The van der Waals surface area contributed by atoms with Crippen LogP contribution in [0.3, 0.4) is 0 Å². The van der Waals surface area contributed by atoms with Crippen molar-refractivity contribution in [3.8, 4) is 23.0 Å². The van der Waals surface area contributed by atoms with Gasteiger partial charge in [0.05, 0.1) is 56.3 Å². The zero-order chi connectivity index (χ0) is 28.5. The second-order valence-electron chi connectivity index (χ2n) is 9.01. The van der Waals surface area contributed by atoms with Crippen LogP contribution in [0.5, 0.6) is 23.0 Å². The van der Waals surface area contributed by atoms with E-state index in [0.29, 0.717) is 39.9 Å². The Morgan fingerprint density at radius 2 is 1.38 bits per heavy atom. The van der Waals surface area contributed by atoms with Crippen molar-refractivity contribution in [3.05, 3.63) is 64.1 Å². The van der Waals surface area contributed by atoms with Crippen LogP contribution < -0.4 is 34.1 Å². The first-order valence-corrected chi connectivity index (χ1v) is 12.6. The van der Waals surface area contributed by atoms with E-state index >= 15 is 0 Å². The highest BCUT2D eigenvalue weighted by Gasteiger charge is 2.59. The third kappa shape index (κ3) is 4.88.